The topological polar surface area (TPSA) is 54.1 Å². The predicted octanol–water partition coefficient (Wildman–Crippen LogP) is 3.57. The molecule has 106 valence electrons. The summed E-state index contributed by atoms with van der Waals surface area (Å²) in [6.45, 7) is 0.718. The Balaban J connectivity index is 1.73. The van der Waals surface area contributed by atoms with Gasteiger partial charge in [-0.1, -0.05) is 18.2 Å². The zero-order valence-electron chi connectivity index (χ0n) is 11.7. The molecule has 0 amide bonds. The maximum absolute atomic E-state index is 11.4. The van der Waals surface area contributed by atoms with E-state index in [0.29, 0.717) is 5.56 Å². The summed E-state index contributed by atoms with van der Waals surface area (Å²) in [4.78, 5) is 14.6. The fourth-order valence-corrected chi connectivity index (χ4v) is 2.34. The fourth-order valence-electron chi connectivity index (χ4n) is 2.34. The van der Waals surface area contributed by atoms with Crippen LogP contribution in [0.3, 0.4) is 0 Å². The van der Waals surface area contributed by atoms with Gasteiger partial charge in [0.2, 0.25) is 0 Å². The van der Waals surface area contributed by atoms with Crippen LogP contribution < -0.4 is 5.32 Å². The van der Waals surface area contributed by atoms with Gasteiger partial charge in [-0.15, -0.1) is 0 Å². The van der Waals surface area contributed by atoms with Crippen molar-refractivity contribution in [2.24, 2.45) is 0 Å². The van der Waals surface area contributed by atoms with Crippen LogP contribution in [0.15, 0.2) is 54.7 Å². The van der Waals surface area contributed by atoms with Gasteiger partial charge >= 0.3 is 5.97 Å². The van der Waals surface area contributed by atoms with Crippen LogP contribution in [0.4, 0.5) is 5.69 Å². The number of hydrogen-bond donors (Lipinski definition) is 2. The predicted molar refractivity (Wildman–Crippen MR) is 83.4 cm³/mol. The Labute approximate surface area is 122 Å². The Bertz CT molecular complexity index is 760. The Morgan fingerprint density at radius 3 is 2.71 bits per heavy atom. The lowest BCUT2D eigenvalue weighted by Gasteiger charge is -2.08. The van der Waals surface area contributed by atoms with E-state index in [9.17, 15) is 4.79 Å². The molecule has 0 radical (unpaired) electrons. The van der Waals surface area contributed by atoms with Crippen molar-refractivity contribution in [3.05, 3.63) is 65.9 Å². The summed E-state index contributed by atoms with van der Waals surface area (Å²) >= 11 is 0. The van der Waals surface area contributed by atoms with Crippen molar-refractivity contribution in [2.75, 3.05) is 12.4 Å². The van der Waals surface area contributed by atoms with Crippen LogP contribution in [0, 0.1) is 0 Å². The Kier molecular flexibility index (Phi) is 3.60. The number of ether oxygens (including phenoxy) is 1. The minimum Gasteiger partial charge on any atom is -0.465 e. The van der Waals surface area contributed by atoms with Crippen LogP contribution in [-0.2, 0) is 11.3 Å². The average Bonchev–Trinajstić information content (AvgIpc) is 3.02. The van der Waals surface area contributed by atoms with Gasteiger partial charge in [-0.2, -0.15) is 0 Å². The Morgan fingerprint density at radius 1 is 1.14 bits per heavy atom. The molecule has 4 nitrogen and oxygen atoms in total. The molecule has 0 fully saturated rings. The largest absolute Gasteiger partial charge is 0.465 e. The number of methoxy groups -OCH3 is 1. The van der Waals surface area contributed by atoms with Crippen molar-refractivity contribution in [1.82, 2.24) is 4.98 Å². The van der Waals surface area contributed by atoms with Crippen LogP contribution in [0.1, 0.15) is 15.9 Å². The monoisotopic (exact) mass is 280 g/mol. The second kappa shape index (κ2) is 5.71. The number of aromatic nitrogens is 1. The number of anilines is 1. The van der Waals surface area contributed by atoms with Crippen LogP contribution in [0.5, 0.6) is 0 Å². The van der Waals surface area contributed by atoms with E-state index in [1.165, 1.54) is 18.1 Å². The molecule has 2 aromatic carbocycles. The molecule has 0 atom stereocenters. The highest BCUT2D eigenvalue weighted by molar-refractivity contribution is 5.89. The molecule has 0 spiro atoms. The molecule has 0 saturated heterocycles. The number of para-hydroxylation sites is 1. The smallest absolute Gasteiger partial charge is 0.337 e. The van der Waals surface area contributed by atoms with Crippen molar-refractivity contribution in [2.45, 2.75) is 6.54 Å². The minimum absolute atomic E-state index is 0.322. The summed E-state index contributed by atoms with van der Waals surface area (Å²) in [5.41, 5.74) is 3.87. The number of fused-ring (bicyclic) bond motifs is 1. The molecule has 3 aromatic rings. The van der Waals surface area contributed by atoms with E-state index < -0.39 is 0 Å². The van der Waals surface area contributed by atoms with Crippen LogP contribution >= 0.6 is 0 Å². The fraction of sp³-hybridized carbons (Fsp3) is 0.118. The summed E-state index contributed by atoms with van der Waals surface area (Å²) in [6.07, 6.45) is 1.94. The first-order valence-electron chi connectivity index (χ1n) is 6.75. The number of nitrogens with one attached hydrogen (secondary N) is 2. The Morgan fingerprint density at radius 2 is 1.95 bits per heavy atom. The standard InChI is InChI=1S/C17H16N2O2/c1-21-17(20)13-5-7-15(8-6-13)19-11-14-4-2-3-12-9-10-18-16(12)14/h2-10,18-19H,11H2,1H3. The zero-order chi connectivity index (χ0) is 14.7. The van der Waals surface area contributed by atoms with Gasteiger partial charge in [-0.25, -0.2) is 4.79 Å². The maximum Gasteiger partial charge on any atom is 0.337 e. The van der Waals surface area contributed by atoms with Crippen LogP contribution in [-0.4, -0.2) is 18.1 Å². The first-order valence-corrected chi connectivity index (χ1v) is 6.75. The molecule has 0 aliphatic heterocycles. The highest BCUT2D eigenvalue weighted by Gasteiger charge is 2.05. The molecule has 1 heterocycles. The molecule has 4 heteroatoms. The van der Waals surface area contributed by atoms with E-state index in [0.717, 1.165) is 17.7 Å². The normalized spacial score (nSPS) is 10.5. The van der Waals surface area contributed by atoms with Gasteiger partial charge in [-0.3, -0.25) is 0 Å². The summed E-state index contributed by atoms with van der Waals surface area (Å²) in [7, 11) is 1.38. The van der Waals surface area contributed by atoms with Crippen LogP contribution in [0.2, 0.25) is 0 Å². The highest BCUT2D eigenvalue weighted by Crippen LogP contribution is 2.18. The quantitative estimate of drug-likeness (QED) is 0.718. The van der Waals surface area contributed by atoms with Crippen molar-refractivity contribution < 1.29 is 9.53 Å². The lowest BCUT2D eigenvalue weighted by molar-refractivity contribution is 0.0601. The van der Waals surface area contributed by atoms with Gasteiger partial charge in [0.25, 0.3) is 0 Å². The molecule has 2 N–H and O–H groups in total. The lowest BCUT2D eigenvalue weighted by Crippen LogP contribution is -2.03. The Hall–Kier alpha value is -2.75. The first-order chi connectivity index (χ1) is 10.3. The number of benzene rings is 2. The van der Waals surface area contributed by atoms with Gasteiger partial charge in [0.1, 0.15) is 0 Å². The third-order valence-electron chi connectivity index (χ3n) is 3.46. The molecular weight excluding hydrogens is 264 g/mol. The third-order valence-corrected chi connectivity index (χ3v) is 3.46. The molecule has 0 aliphatic rings. The third kappa shape index (κ3) is 2.74. The SMILES string of the molecule is COC(=O)c1ccc(NCc2cccc3cc[nH]c23)cc1. The summed E-state index contributed by atoms with van der Waals surface area (Å²) in [5, 5.41) is 4.56. The first kappa shape index (κ1) is 13.2. The van der Waals surface area contributed by atoms with E-state index in [1.54, 1.807) is 12.1 Å². The minimum atomic E-state index is -0.322. The van der Waals surface area contributed by atoms with E-state index >= 15 is 0 Å². The van der Waals surface area contributed by atoms with Crippen LogP contribution in [0.25, 0.3) is 10.9 Å². The zero-order valence-corrected chi connectivity index (χ0v) is 11.7. The molecule has 3 rings (SSSR count). The van der Waals surface area contributed by atoms with Gasteiger partial charge in [0.05, 0.1) is 18.2 Å². The maximum atomic E-state index is 11.4. The summed E-state index contributed by atoms with van der Waals surface area (Å²) in [5.74, 6) is -0.322. The number of esters is 1. The van der Waals surface area contributed by atoms with E-state index in [4.69, 9.17) is 0 Å². The van der Waals surface area contributed by atoms with Crippen molar-refractivity contribution >= 4 is 22.6 Å². The molecule has 0 unspecified atom stereocenters. The van der Waals surface area contributed by atoms with Crippen molar-refractivity contribution in [3.8, 4) is 0 Å². The van der Waals surface area contributed by atoms with Gasteiger partial charge < -0.3 is 15.0 Å². The van der Waals surface area contributed by atoms with E-state index in [-0.39, 0.29) is 5.97 Å². The van der Waals surface area contributed by atoms with E-state index in [1.807, 2.05) is 24.4 Å². The molecule has 0 bridgehead atoms. The van der Waals surface area contributed by atoms with Gasteiger partial charge in [0, 0.05) is 18.4 Å². The number of aromatic amines is 1. The van der Waals surface area contributed by atoms with Crippen molar-refractivity contribution in [3.63, 3.8) is 0 Å². The second-order valence-electron chi connectivity index (χ2n) is 4.78. The number of hydrogen-bond acceptors (Lipinski definition) is 3. The highest BCUT2D eigenvalue weighted by atomic mass is 16.5. The average molecular weight is 280 g/mol. The number of H-pyrrole nitrogens is 1. The number of rotatable bonds is 4. The number of carbonyl (C=O) groups excluding carboxylic acids is 1. The summed E-state index contributed by atoms with van der Waals surface area (Å²) in [6, 6.07) is 15.5. The molecule has 21 heavy (non-hydrogen) atoms. The lowest BCUT2D eigenvalue weighted by atomic mass is 10.1. The van der Waals surface area contributed by atoms with Gasteiger partial charge in [-0.05, 0) is 41.3 Å². The summed E-state index contributed by atoms with van der Waals surface area (Å²) < 4.78 is 4.68. The van der Waals surface area contributed by atoms with Gasteiger partial charge in [0.15, 0.2) is 0 Å². The molecule has 1 aromatic heterocycles. The second-order valence-corrected chi connectivity index (χ2v) is 4.78. The van der Waals surface area contributed by atoms with E-state index in [2.05, 4.69) is 33.2 Å². The molecule has 0 aliphatic carbocycles. The van der Waals surface area contributed by atoms with Crippen molar-refractivity contribution in [1.29, 1.82) is 0 Å². The molecular formula is C17H16N2O2. The molecule has 0 saturated carbocycles. The number of carbonyl (C=O) groups is 1.